The first-order valence-electron chi connectivity index (χ1n) is 11.1. The van der Waals surface area contributed by atoms with Crippen molar-refractivity contribution in [3.63, 3.8) is 0 Å². The quantitative estimate of drug-likeness (QED) is 0.400. The molecular weight excluding hydrogens is 388 g/mol. The molecule has 1 heterocycles. The molecule has 5 nitrogen and oxygen atoms in total. The standard InChI is InChI=1S/C26H38N2O3/c1-6-9-25(30)31-20-24(29)19-27(15-7-2)18-23-10-8-16-28(23)17-21-11-13-22(14-12-21)26(3,4)5/h7-8,10-14,16,24,29H,2,6,9,15,17-20H2,1,3-5H3. The normalized spacial score (nSPS) is 12.7. The van der Waals surface area contributed by atoms with E-state index in [0.29, 0.717) is 26.1 Å². The van der Waals surface area contributed by atoms with Gasteiger partial charge in [0.25, 0.3) is 0 Å². The van der Waals surface area contributed by atoms with Crippen LogP contribution in [0.4, 0.5) is 0 Å². The van der Waals surface area contributed by atoms with E-state index in [1.165, 1.54) is 11.1 Å². The number of esters is 1. The first-order valence-corrected chi connectivity index (χ1v) is 11.1. The summed E-state index contributed by atoms with van der Waals surface area (Å²) < 4.78 is 7.38. The van der Waals surface area contributed by atoms with Gasteiger partial charge < -0.3 is 14.4 Å². The van der Waals surface area contributed by atoms with Crippen molar-refractivity contribution < 1.29 is 14.6 Å². The van der Waals surface area contributed by atoms with Crippen molar-refractivity contribution >= 4 is 5.97 Å². The molecule has 0 amide bonds. The molecule has 170 valence electrons. The van der Waals surface area contributed by atoms with Gasteiger partial charge in [0, 0.05) is 44.5 Å². The molecule has 0 radical (unpaired) electrons. The Balaban J connectivity index is 1.98. The number of hydrogen-bond donors (Lipinski definition) is 1. The first-order chi connectivity index (χ1) is 14.7. The van der Waals surface area contributed by atoms with E-state index in [-0.39, 0.29) is 18.0 Å². The number of benzene rings is 1. The molecule has 5 heteroatoms. The van der Waals surface area contributed by atoms with Crippen LogP contribution in [-0.2, 0) is 28.0 Å². The van der Waals surface area contributed by atoms with E-state index < -0.39 is 6.10 Å². The highest BCUT2D eigenvalue weighted by Crippen LogP contribution is 2.22. The van der Waals surface area contributed by atoms with Crippen molar-refractivity contribution in [1.82, 2.24) is 9.47 Å². The third kappa shape index (κ3) is 8.35. The van der Waals surface area contributed by atoms with Crippen LogP contribution in [0.2, 0.25) is 0 Å². The molecule has 1 unspecified atom stereocenters. The van der Waals surface area contributed by atoms with Crippen molar-refractivity contribution in [2.75, 3.05) is 19.7 Å². The number of aliphatic hydroxyl groups excluding tert-OH is 1. The number of aliphatic hydroxyl groups is 1. The number of carbonyl (C=O) groups excluding carboxylic acids is 1. The first kappa shape index (κ1) is 24.9. The molecule has 1 aromatic carbocycles. The Hall–Kier alpha value is -2.37. The summed E-state index contributed by atoms with van der Waals surface area (Å²) in [5, 5.41) is 10.3. The fraction of sp³-hybridized carbons (Fsp3) is 0.500. The van der Waals surface area contributed by atoms with E-state index in [9.17, 15) is 9.90 Å². The van der Waals surface area contributed by atoms with E-state index in [4.69, 9.17) is 4.74 Å². The van der Waals surface area contributed by atoms with E-state index in [0.717, 1.165) is 18.7 Å². The van der Waals surface area contributed by atoms with Gasteiger partial charge in [-0.25, -0.2) is 0 Å². The molecule has 0 spiro atoms. The summed E-state index contributed by atoms with van der Waals surface area (Å²) in [6.07, 6.45) is 4.31. The highest BCUT2D eigenvalue weighted by molar-refractivity contribution is 5.69. The number of hydrogen-bond acceptors (Lipinski definition) is 4. The van der Waals surface area contributed by atoms with Crippen LogP contribution in [0.3, 0.4) is 0 Å². The Morgan fingerprint density at radius 2 is 1.97 bits per heavy atom. The van der Waals surface area contributed by atoms with Crippen LogP contribution in [0.5, 0.6) is 0 Å². The van der Waals surface area contributed by atoms with Gasteiger partial charge in [-0.15, -0.1) is 6.58 Å². The number of aromatic nitrogens is 1. The molecule has 1 N–H and O–H groups in total. The minimum absolute atomic E-state index is 0.0214. The lowest BCUT2D eigenvalue weighted by molar-refractivity contribution is -0.147. The Labute approximate surface area is 187 Å². The summed E-state index contributed by atoms with van der Waals surface area (Å²) in [6.45, 7) is 15.0. The second-order valence-corrected chi connectivity index (χ2v) is 9.14. The lowest BCUT2D eigenvalue weighted by Gasteiger charge is -2.24. The monoisotopic (exact) mass is 426 g/mol. The van der Waals surface area contributed by atoms with Crippen molar-refractivity contribution in [2.45, 2.75) is 65.1 Å². The van der Waals surface area contributed by atoms with Crippen LogP contribution in [0, 0.1) is 0 Å². The molecule has 0 saturated heterocycles. The highest BCUT2D eigenvalue weighted by atomic mass is 16.5. The molecule has 0 aliphatic carbocycles. The van der Waals surface area contributed by atoms with Crippen LogP contribution in [0.15, 0.2) is 55.3 Å². The molecule has 1 atom stereocenters. The summed E-state index contributed by atoms with van der Waals surface area (Å²) in [7, 11) is 0. The topological polar surface area (TPSA) is 54.7 Å². The number of ether oxygens (including phenoxy) is 1. The maximum atomic E-state index is 11.5. The fourth-order valence-corrected chi connectivity index (χ4v) is 3.49. The van der Waals surface area contributed by atoms with E-state index >= 15 is 0 Å². The van der Waals surface area contributed by atoms with Crippen LogP contribution in [0.25, 0.3) is 0 Å². The smallest absolute Gasteiger partial charge is 0.305 e. The second kappa shape index (κ2) is 11.9. The molecule has 0 aliphatic heterocycles. The predicted molar refractivity (Wildman–Crippen MR) is 126 cm³/mol. The molecule has 0 fully saturated rings. The SMILES string of the molecule is C=CCN(Cc1cccn1Cc1ccc(C(C)(C)C)cc1)CC(O)COC(=O)CCC. The average molecular weight is 427 g/mol. The Bertz CT molecular complexity index is 818. The van der Waals surface area contributed by atoms with Gasteiger partial charge >= 0.3 is 5.97 Å². The van der Waals surface area contributed by atoms with Gasteiger partial charge in [0.15, 0.2) is 0 Å². The maximum absolute atomic E-state index is 11.5. The summed E-state index contributed by atoms with van der Waals surface area (Å²) in [6, 6.07) is 13.0. The molecule has 0 saturated carbocycles. The maximum Gasteiger partial charge on any atom is 0.305 e. The number of rotatable bonds is 12. The molecule has 31 heavy (non-hydrogen) atoms. The molecule has 0 bridgehead atoms. The average Bonchev–Trinajstić information content (AvgIpc) is 3.13. The minimum Gasteiger partial charge on any atom is -0.463 e. The summed E-state index contributed by atoms with van der Waals surface area (Å²) in [5.41, 5.74) is 3.89. The summed E-state index contributed by atoms with van der Waals surface area (Å²) in [5.74, 6) is -0.261. The molecule has 1 aromatic heterocycles. The lowest BCUT2D eigenvalue weighted by Crippen LogP contribution is -2.35. The van der Waals surface area contributed by atoms with Crippen molar-refractivity contribution in [3.8, 4) is 0 Å². The van der Waals surface area contributed by atoms with Crippen molar-refractivity contribution in [1.29, 1.82) is 0 Å². The Morgan fingerprint density at radius 3 is 2.58 bits per heavy atom. The van der Waals surface area contributed by atoms with Crippen molar-refractivity contribution in [3.05, 3.63) is 72.1 Å². The Morgan fingerprint density at radius 1 is 1.26 bits per heavy atom. The summed E-state index contributed by atoms with van der Waals surface area (Å²) in [4.78, 5) is 13.7. The van der Waals surface area contributed by atoms with Crippen molar-refractivity contribution in [2.24, 2.45) is 0 Å². The zero-order chi connectivity index (χ0) is 22.9. The van der Waals surface area contributed by atoms with Crippen LogP contribution < -0.4 is 0 Å². The zero-order valence-electron chi connectivity index (χ0n) is 19.5. The number of nitrogens with zero attached hydrogens (tertiary/aromatic N) is 2. The lowest BCUT2D eigenvalue weighted by atomic mass is 9.87. The van der Waals surface area contributed by atoms with Crippen LogP contribution in [-0.4, -0.2) is 46.3 Å². The predicted octanol–water partition coefficient (Wildman–Crippen LogP) is 4.53. The second-order valence-electron chi connectivity index (χ2n) is 9.14. The zero-order valence-corrected chi connectivity index (χ0v) is 19.5. The summed E-state index contributed by atoms with van der Waals surface area (Å²) >= 11 is 0. The van der Waals surface area contributed by atoms with Gasteiger partial charge in [-0.05, 0) is 35.1 Å². The largest absolute Gasteiger partial charge is 0.463 e. The highest BCUT2D eigenvalue weighted by Gasteiger charge is 2.16. The molecular formula is C26H38N2O3. The van der Waals surface area contributed by atoms with Gasteiger partial charge in [0.1, 0.15) is 12.7 Å². The van der Waals surface area contributed by atoms with Gasteiger partial charge in [-0.3, -0.25) is 9.69 Å². The molecule has 2 aromatic rings. The van der Waals surface area contributed by atoms with Crippen LogP contribution in [0.1, 0.15) is 57.4 Å². The number of carbonyl (C=O) groups is 1. The fourth-order valence-electron chi connectivity index (χ4n) is 3.49. The molecule has 0 aliphatic rings. The van der Waals surface area contributed by atoms with Gasteiger partial charge in [-0.2, -0.15) is 0 Å². The van der Waals surface area contributed by atoms with E-state index in [2.05, 4.69) is 73.3 Å². The van der Waals surface area contributed by atoms with E-state index in [1.54, 1.807) is 0 Å². The van der Waals surface area contributed by atoms with Gasteiger partial charge in [-0.1, -0.05) is 58.0 Å². The van der Waals surface area contributed by atoms with E-state index in [1.807, 2.05) is 19.1 Å². The third-order valence-corrected chi connectivity index (χ3v) is 5.23. The van der Waals surface area contributed by atoms with Gasteiger partial charge in [0.05, 0.1) is 0 Å². The third-order valence-electron chi connectivity index (χ3n) is 5.23. The Kier molecular flexibility index (Phi) is 9.53. The van der Waals surface area contributed by atoms with Crippen LogP contribution >= 0.6 is 0 Å². The molecule has 2 rings (SSSR count). The van der Waals surface area contributed by atoms with Gasteiger partial charge in [0.2, 0.25) is 0 Å². The minimum atomic E-state index is -0.728.